The van der Waals surface area contributed by atoms with Crippen LogP contribution in [0.5, 0.6) is 5.75 Å². The van der Waals surface area contributed by atoms with Crippen LogP contribution >= 0.6 is 0 Å². The number of nitrogens with one attached hydrogen (secondary N) is 1. The Morgan fingerprint density at radius 1 is 1.06 bits per heavy atom. The van der Waals surface area contributed by atoms with E-state index in [2.05, 4.69) is 19.2 Å². The number of ketones is 1. The number of fused-ring (bicyclic) bond motifs is 1. The first-order chi connectivity index (χ1) is 15.1. The monoisotopic (exact) mass is 423 g/mol. The molecular formula is C27H37NO3. The smallest absolute Gasteiger partial charge is 0.197 e. The Morgan fingerprint density at radius 3 is 2.39 bits per heavy atom. The number of unbranched alkanes of at least 4 members (excludes halogenated alkanes) is 1. The lowest BCUT2D eigenvalue weighted by atomic mass is 9.95. The van der Waals surface area contributed by atoms with Gasteiger partial charge in [0.25, 0.3) is 0 Å². The Morgan fingerprint density at radius 2 is 1.74 bits per heavy atom. The molecule has 0 aliphatic heterocycles. The lowest BCUT2D eigenvalue weighted by Gasteiger charge is -2.14. The largest absolute Gasteiger partial charge is 0.492 e. The molecule has 0 aliphatic rings. The Labute approximate surface area is 187 Å². The standard InChI is InChI=1S/C25H31NO3.C2H6/c1-5-7-11-22-23(20-10-8-9-12-21(20)29-22)24(27)19-15-17(3)25(18(4)16-19)28-14-13-26-6-2;1-2/h8-10,12,15-16,26H,5-7,11,13-14H2,1-4H3;1-2H3. The van der Waals surface area contributed by atoms with Gasteiger partial charge < -0.3 is 14.5 Å². The number of benzene rings is 2. The molecule has 1 N–H and O–H groups in total. The maximum Gasteiger partial charge on any atom is 0.197 e. The fraction of sp³-hybridized carbons (Fsp3) is 0.444. The molecule has 3 aromatic rings. The van der Waals surface area contributed by atoms with Crippen molar-refractivity contribution in [3.05, 3.63) is 64.4 Å². The van der Waals surface area contributed by atoms with Crippen molar-refractivity contribution < 1.29 is 13.9 Å². The molecule has 3 rings (SSSR count). The highest BCUT2D eigenvalue weighted by molar-refractivity contribution is 6.17. The second-order valence-corrected chi connectivity index (χ2v) is 7.47. The average molecular weight is 424 g/mol. The van der Waals surface area contributed by atoms with E-state index in [1.165, 1.54) is 0 Å². The lowest BCUT2D eigenvalue weighted by molar-refractivity contribution is 0.103. The highest BCUT2D eigenvalue weighted by Crippen LogP contribution is 2.31. The van der Waals surface area contributed by atoms with E-state index in [1.54, 1.807) is 0 Å². The molecule has 4 heteroatoms. The zero-order valence-corrected chi connectivity index (χ0v) is 19.9. The normalized spacial score (nSPS) is 10.6. The topological polar surface area (TPSA) is 51.5 Å². The summed E-state index contributed by atoms with van der Waals surface area (Å²) in [5, 5.41) is 4.15. The molecule has 0 bridgehead atoms. The van der Waals surface area contributed by atoms with Crippen LogP contribution in [0.2, 0.25) is 0 Å². The molecule has 1 heterocycles. The van der Waals surface area contributed by atoms with Crippen LogP contribution in [0, 0.1) is 13.8 Å². The summed E-state index contributed by atoms with van der Waals surface area (Å²) < 4.78 is 12.0. The Kier molecular flexibility index (Phi) is 9.80. The molecule has 0 fully saturated rings. The number of para-hydroxylation sites is 1. The first-order valence-electron chi connectivity index (χ1n) is 11.6. The van der Waals surface area contributed by atoms with E-state index in [0.717, 1.165) is 66.0 Å². The van der Waals surface area contributed by atoms with Crippen molar-refractivity contribution in [3.63, 3.8) is 0 Å². The summed E-state index contributed by atoms with van der Waals surface area (Å²) in [6.45, 7) is 14.6. The molecule has 168 valence electrons. The van der Waals surface area contributed by atoms with Gasteiger partial charge in [-0.3, -0.25) is 4.79 Å². The number of furan rings is 1. The minimum atomic E-state index is 0.0199. The number of likely N-dealkylation sites (N-methyl/N-ethyl adjacent to an activating group) is 1. The number of rotatable bonds is 10. The quantitative estimate of drug-likeness (QED) is 0.293. The van der Waals surface area contributed by atoms with Crippen molar-refractivity contribution in [2.45, 2.75) is 60.8 Å². The van der Waals surface area contributed by atoms with Gasteiger partial charge in [-0.15, -0.1) is 0 Å². The number of aryl methyl sites for hydroxylation is 3. The summed E-state index contributed by atoms with van der Waals surface area (Å²) >= 11 is 0. The van der Waals surface area contributed by atoms with Gasteiger partial charge >= 0.3 is 0 Å². The van der Waals surface area contributed by atoms with Crippen LogP contribution in [0.25, 0.3) is 11.0 Å². The third-order valence-corrected chi connectivity index (χ3v) is 5.15. The van der Waals surface area contributed by atoms with Gasteiger partial charge in [0.05, 0.1) is 5.56 Å². The number of carbonyl (C=O) groups is 1. The lowest BCUT2D eigenvalue weighted by Crippen LogP contribution is -2.20. The summed E-state index contributed by atoms with van der Waals surface area (Å²) in [6.07, 6.45) is 2.83. The number of ether oxygens (including phenoxy) is 1. The molecular weight excluding hydrogens is 386 g/mol. The summed E-state index contributed by atoms with van der Waals surface area (Å²) in [5.41, 5.74) is 4.12. The molecule has 1 aromatic heterocycles. The molecule has 0 amide bonds. The summed E-state index contributed by atoms with van der Waals surface area (Å²) in [7, 11) is 0. The molecule has 0 unspecified atom stereocenters. The van der Waals surface area contributed by atoms with Crippen LogP contribution in [0.3, 0.4) is 0 Å². The molecule has 0 radical (unpaired) electrons. The van der Waals surface area contributed by atoms with Gasteiger partial charge in [0, 0.05) is 23.9 Å². The van der Waals surface area contributed by atoms with E-state index in [9.17, 15) is 4.79 Å². The highest BCUT2D eigenvalue weighted by Gasteiger charge is 2.22. The van der Waals surface area contributed by atoms with E-state index in [-0.39, 0.29) is 5.78 Å². The molecule has 0 saturated carbocycles. The number of carbonyl (C=O) groups excluding carboxylic acids is 1. The molecule has 4 nitrogen and oxygen atoms in total. The Balaban J connectivity index is 0.00000166. The highest BCUT2D eigenvalue weighted by atomic mass is 16.5. The van der Waals surface area contributed by atoms with E-state index in [1.807, 2.05) is 64.1 Å². The first kappa shape index (κ1) is 24.7. The van der Waals surface area contributed by atoms with Crippen LogP contribution < -0.4 is 10.1 Å². The molecule has 0 saturated heterocycles. The van der Waals surface area contributed by atoms with Crippen molar-refractivity contribution in [3.8, 4) is 5.75 Å². The maximum atomic E-state index is 13.5. The zero-order chi connectivity index (χ0) is 22.8. The molecule has 0 spiro atoms. The van der Waals surface area contributed by atoms with Gasteiger partial charge in [0.1, 0.15) is 23.7 Å². The van der Waals surface area contributed by atoms with Crippen molar-refractivity contribution in [1.82, 2.24) is 5.32 Å². The van der Waals surface area contributed by atoms with Gasteiger partial charge in [-0.25, -0.2) is 0 Å². The first-order valence-corrected chi connectivity index (χ1v) is 11.6. The van der Waals surface area contributed by atoms with Gasteiger partial charge in [-0.05, 0) is 56.1 Å². The van der Waals surface area contributed by atoms with Crippen molar-refractivity contribution in [1.29, 1.82) is 0 Å². The minimum absolute atomic E-state index is 0.0199. The number of hydrogen-bond acceptors (Lipinski definition) is 4. The van der Waals surface area contributed by atoms with Crippen LogP contribution in [-0.2, 0) is 6.42 Å². The molecule has 31 heavy (non-hydrogen) atoms. The van der Waals surface area contributed by atoms with E-state index in [0.29, 0.717) is 17.7 Å². The fourth-order valence-electron chi connectivity index (χ4n) is 3.71. The van der Waals surface area contributed by atoms with E-state index >= 15 is 0 Å². The predicted molar refractivity (Wildman–Crippen MR) is 130 cm³/mol. The molecule has 0 aliphatic carbocycles. The summed E-state index contributed by atoms with van der Waals surface area (Å²) in [4.78, 5) is 13.5. The minimum Gasteiger partial charge on any atom is -0.492 e. The van der Waals surface area contributed by atoms with Crippen molar-refractivity contribution >= 4 is 16.8 Å². The molecule has 0 atom stereocenters. The zero-order valence-electron chi connectivity index (χ0n) is 19.9. The third kappa shape index (κ3) is 5.98. The number of hydrogen-bond donors (Lipinski definition) is 1. The summed E-state index contributed by atoms with van der Waals surface area (Å²) in [6, 6.07) is 11.7. The summed E-state index contributed by atoms with van der Waals surface area (Å²) in [5.74, 6) is 1.67. The van der Waals surface area contributed by atoms with Crippen LogP contribution in [0.15, 0.2) is 40.8 Å². The SMILES string of the molecule is CC.CCCCc1oc2ccccc2c1C(=O)c1cc(C)c(OCCNCC)c(C)c1. The average Bonchev–Trinajstić information content (AvgIpc) is 3.15. The fourth-order valence-corrected chi connectivity index (χ4v) is 3.71. The van der Waals surface area contributed by atoms with Gasteiger partial charge in [-0.1, -0.05) is 52.3 Å². The van der Waals surface area contributed by atoms with Crippen molar-refractivity contribution in [2.75, 3.05) is 19.7 Å². The Bertz CT molecular complexity index is 964. The van der Waals surface area contributed by atoms with Gasteiger partial charge in [0.15, 0.2) is 5.78 Å². The van der Waals surface area contributed by atoms with Gasteiger partial charge in [-0.2, -0.15) is 0 Å². The van der Waals surface area contributed by atoms with Crippen LogP contribution in [-0.4, -0.2) is 25.5 Å². The second-order valence-electron chi connectivity index (χ2n) is 7.47. The Hall–Kier alpha value is -2.59. The van der Waals surface area contributed by atoms with E-state index < -0.39 is 0 Å². The third-order valence-electron chi connectivity index (χ3n) is 5.15. The predicted octanol–water partition coefficient (Wildman–Crippen LogP) is 6.64. The molecule has 2 aromatic carbocycles. The van der Waals surface area contributed by atoms with Crippen LogP contribution in [0.1, 0.15) is 73.3 Å². The van der Waals surface area contributed by atoms with E-state index in [4.69, 9.17) is 9.15 Å². The van der Waals surface area contributed by atoms with Crippen molar-refractivity contribution in [2.24, 2.45) is 0 Å². The maximum absolute atomic E-state index is 13.5. The second kappa shape index (κ2) is 12.3. The van der Waals surface area contributed by atoms with Crippen LogP contribution in [0.4, 0.5) is 0 Å². The van der Waals surface area contributed by atoms with Gasteiger partial charge in [0.2, 0.25) is 0 Å².